The van der Waals surface area contributed by atoms with Gasteiger partial charge < -0.3 is 11.2 Å². The van der Waals surface area contributed by atoms with Crippen LogP contribution in [-0.2, 0) is 6.54 Å². The number of amidine groups is 1. The van der Waals surface area contributed by atoms with E-state index >= 15 is 0 Å². The minimum absolute atomic E-state index is 0.103. The van der Waals surface area contributed by atoms with Crippen molar-refractivity contribution in [3.05, 3.63) is 38.9 Å². The molecule has 6 nitrogen and oxygen atoms in total. The fourth-order valence-electron chi connectivity index (χ4n) is 1.09. The number of hydrogen-bond donors (Lipinski definition) is 2. The second-order valence-electron chi connectivity index (χ2n) is 3.37. The maximum absolute atomic E-state index is 12.0. The zero-order valence-corrected chi connectivity index (χ0v) is 10.00. The molecule has 0 atom stereocenters. The van der Waals surface area contributed by atoms with E-state index in [-0.39, 0.29) is 17.3 Å². The van der Waals surface area contributed by atoms with Crippen LogP contribution in [0.25, 0.3) is 0 Å². The molecular weight excluding hydrogens is 289 g/mol. The summed E-state index contributed by atoms with van der Waals surface area (Å²) in [4.78, 5) is 9.82. The molecule has 3 N–H and O–H groups in total. The Bertz CT molecular complexity index is 519. The lowest BCUT2D eigenvalue weighted by Gasteiger charge is -2.06. The zero-order chi connectivity index (χ0) is 14.6. The molecule has 19 heavy (non-hydrogen) atoms. The van der Waals surface area contributed by atoms with Crippen molar-refractivity contribution in [2.75, 3.05) is 0 Å². The van der Waals surface area contributed by atoms with Gasteiger partial charge in [0.1, 0.15) is 5.02 Å². The molecule has 104 valence electrons. The predicted octanol–water partition coefficient (Wildman–Crippen LogP) is 2.17. The minimum Gasteiger partial charge on any atom is -0.378 e. The number of hydrazone groups is 1. The Hall–Kier alpha value is -2.03. The van der Waals surface area contributed by atoms with Crippen LogP contribution in [0.1, 0.15) is 5.56 Å². The third-order valence-electron chi connectivity index (χ3n) is 1.98. The summed E-state index contributed by atoms with van der Waals surface area (Å²) in [6.07, 6.45) is -4.71. The highest BCUT2D eigenvalue weighted by molar-refractivity contribution is 6.32. The van der Waals surface area contributed by atoms with Crippen LogP contribution in [0.3, 0.4) is 0 Å². The van der Waals surface area contributed by atoms with Gasteiger partial charge in [-0.05, 0) is 11.6 Å². The van der Waals surface area contributed by atoms with E-state index in [0.29, 0.717) is 5.56 Å². The number of benzene rings is 1. The maximum atomic E-state index is 12.0. The van der Waals surface area contributed by atoms with Crippen molar-refractivity contribution in [1.82, 2.24) is 5.43 Å². The largest absolute Gasteiger partial charge is 0.450 e. The van der Waals surface area contributed by atoms with Crippen molar-refractivity contribution >= 4 is 23.1 Å². The third-order valence-corrected chi connectivity index (χ3v) is 2.28. The molecule has 0 radical (unpaired) electrons. The number of alkyl halides is 3. The van der Waals surface area contributed by atoms with E-state index in [2.05, 4.69) is 16.3 Å². The summed E-state index contributed by atoms with van der Waals surface area (Å²) >= 11 is 5.63. The summed E-state index contributed by atoms with van der Waals surface area (Å²) in [6.45, 7) is -0.103. The van der Waals surface area contributed by atoms with Crippen LogP contribution < -0.4 is 11.2 Å². The topological polar surface area (TPSA) is 93.5 Å². The van der Waals surface area contributed by atoms with Crippen molar-refractivity contribution in [2.24, 2.45) is 10.8 Å². The highest BCUT2D eigenvalue weighted by atomic mass is 35.5. The van der Waals surface area contributed by atoms with Gasteiger partial charge in [-0.25, -0.2) is 0 Å². The molecule has 1 aromatic rings. The van der Waals surface area contributed by atoms with Gasteiger partial charge in [0.15, 0.2) is 0 Å². The molecule has 0 unspecified atom stereocenters. The first kappa shape index (κ1) is 15.0. The second kappa shape index (κ2) is 5.74. The molecule has 0 amide bonds. The van der Waals surface area contributed by atoms with Gasteiger partial charge in [0, 0.05) is 6.07 Å². The first-order chi connectivity index (χ1) is 8.71. The Labute approximate surface area is 110 Å². The summed E-state index contributed by atoms with van der Waals surface area (Å²) in [5.41, 5.74) is 6.89. The normalized spacial score (nSPS) is 12.3. The van der Waals surface area contributed by atoms with Crippen molar-refractivity contribution in [1.29, 1.82) is 0 Å². The summed E-state index contributed by atoms with van der Waals surface area (Å²) in [7, 11) is 0. The molecule has 0 spiro atoms. The molecular formula is C9H8ClF3N4O2. The molecule has 10 heteroatoms. The molecule has 0 heterocycles. The molecule has 0 aliphatic rings. The van der Waals surface area contributed by atoms with Crippen LogP contribution in [-0.4, -0.2) is 16.9 Å². The highest BCUT2D eigenvalue weighted by Crippen LogP contribution is 2.24. The average Bonchev–Trinajstić information content (AvgIpc) is 2.27. The molecule has 0 aliphatic carbocycles. The number of nitrogens with one attached hydrogen (secondary N) is 1. The lowest BCUT2D eigenvalue weighted by atomic mass is 10.2. The van der Waals surface area contributed by atoms with Crippen LogP contribution in [0.5, 0.6) is 0 Å². The minimum atomic E-state index is -4.71. The second-order valence-corrected chi connectivity index (χ2v) is 3.78. The number of rotatable bonds is 4. The van der Waals surface area contributed by atoms with Crippen LogP contribution in [0, 0.1) is 10.1 Å². The van der Waals surface area contributed by atoms with E-state index in [9.17, 15) is 23.3 Å². The lowest BCUT2D eigenvalue weighted by molar-refractivity contribution is -0.384. The molecule has 0 fully saturated rings. The van der Waals surface area contributed by atoms with Gasteiger partial charge in [-0.15, -0.1) is 0 Å². The maximum Gasteiger partial charge on any atom is 0.450 e. The van der Waals surface area contributed by atoms with Crippen molar-refractivity contribution in [3.8, 4) is 0 Å². The molecule has 0 saturated heterocycles. The van der Waals surface area contributed by atoms with Crippen molar-refractivity contribution in [3.63, 3.8) is 0 Å². The Balaban J connectivity index is 2.70. The summed E-state index contributed by atoms with van der Waals surface area (Å²) in [5.74, 6) is -1.51. The Morgan fingerprint density at radius 1 is 1.53 bits per heavy atom. The van der Waals surface area contributed by atoms with Gasteiger partial charge >= 0.3 is 6.18 Å². The van der Waals surface area contributed by atoms with E-state index in [1.807, 2.05) is 0 Å². The Morgan fingerprint density at radius 2 is 2.16 bits per heavy atom. The van der Waals surface area contributed by atoms with Crippen LogP contribution >= 0.6 is 11.6 Å². The third kappa shape index (κ3) is 4.28. The zero-order valence-electron chi connectivity index (χ0n) is 9.24. The van der Waals surface area contributed by atoms with Gasteiger partial charge in [0.2, 0.25) is 5.84 Å². The lowest BCUT2D eigenvalue weighted by Crippen LogP contribution is -2.33. The Kier molecular flexibility index (Phi) is 4.54. The van der Waals surface area contributed by atoms with Crippen LogP contribution in [0.15, 0.2) is 23.3 Å². The van der Waals surface area contributed by atoms with Crippen molar-refractivity contribution in [2.45, 2.75) is 12.7 Å². The van der Waals surface area contributed by atoms with E-state index in [1.165, 1.54) is 12.1 Å². The van der Waals surface area contributed by atoms with E-state index < -0.39 is 16.9 Å². The number of nitrogens with two attached hydrogens (primary N) is 1. The summed E-state index contributed by atoms with van der Waals surface area (Å²) < 4.78 is 36.0. The fraction of sp³-hybridized carbons (Fsp3) is 0.222. The van der Waals surface area contributed by atoms with Crippen LogP contribution in [0.2, 0.25) is 5.02 Å². The molecule has 1 rings (SSSR count). The van der Waals surface area contributed by atoms with Gasteiger partial charge in [0.05, 0.1) is 11.5 Å². The molecule has 1 aromatic carbocycles. The van der Waals surface area contributed by atoms with Gasteiger partial charge in [0.25, 0.3) is 5.69 Å². The smallest absolute Gasteiger partial charge is 0.378 e. The van der Waals surface area contributed by atoms with E-state index in [0.717, 1.165) is 6.07 Å². The number of nitro groups is 1. The quantitative estimate of drug-likeness (QED) is 0.385. The van der Waals surface area contributed by atoms with Gasteiger partial charge in [-0.1, -0.05) is 17.7 Å². The van der Waals surface area contributed by atoms with E-state index in [4.69, 9.17) is 11.6 Å². The SMILES string of the molecule is N/C(=N\NCc1ccc([N+](=O)[O-])c(Cl)c1)C(F)(F)F. The average molecular weight is 297 g/mol. The van der Waals surface area contributed by atoms with Gasteiger partial charge in [-0.2, -0.15) is 18.3 Å². The number of nitro benzene ring substituents is 1. The van der Waals surface area contributed by atoms with Crippen molar-refractivity contribution < 1.29 is 18.1 Å². The molecule has 0 aromatic heterocycles. The summed E-state index contributed by atoms with van der Waals surface area (Å²) in [6, 6.07) is 3.75. The summed E-state index contributed by atoms with van der Waals surface area (Å²) in [5, 5.41) is 13.3. The monoisotopic (exact) mass is 296 g/mol. The molecule has 0 saturated carbocycles. The van der Waals surface area contributed by atoms with Crippen LogP contribution in [0.4, 0.5) is 18.9 Å². The fourth-order valence-corrected chi connectivity index (χ4v) is 1.36. The predicted molar refractivity (Wildman–Crippen MR) is 62.6 cm³/mol. The number of hydrogen-bond acceptors (Lipinski definition) is 4. The standard InChI is InChI=1S/C9H8ClF3N4O2/c10-6-3-5(1-2-7(6)17(18)19)4-15-16-8(14)9(11,12)13/h1-3,15H,4H2,(H2,14,16). The van der Waals surface area contributed by atoms with Gasteiger partial charge in [-0.3, -0.25) is 10.1 Å². The molecule has 0 bridgehead atoms. The first-order valence-corrected chi connectivity index (χ1v) is 5.15. The number of halogens is 4. The van der Waals surface area contributed by atoms with E-state index in [1.54, 1.807) is 0 Å². The highest BCUT2D eigenvalue weighted by Gasteiger charge is 2.33. The number of nitrogens with zero attached hydrogens (tertiary/aromatic N) is 2. The molecule has 0 aliphatic heterocycles. The first-order valence-electron chi connectivity index (χ1n) is 4.78. The Morgan fingerprint density at radius 3 is 2.63 bits per heavy atom.